The first-order valence-corrected chi connectivity index (χ1v) is 5.54. The number of aryl methyl sites for hydroxylation is 2. The highest BCUT2D eigenvalue weighted by Crippen LogP contribution is 2.12. The molecular formula is C13H17NO3. The fraction of sp³-hybridized carbons (Fsp3) is 0.385. The first-order chi connectivity index (χ1) is 7.95. The fourth-order valence-electron chi connectivity index (χ4n) is 1.55. The first kappa shape index (κ1) is 13.2. The van der Waals surface area contributed by atoms with Gasteiger partial charge in [0.15, 0.2) is 0 Å². The SMILES string of the molecule is CCN(CC(=O)O)C(=O)c1ccc(C)c(C)c1. The lowest BCUT2D eigenvalue weighted by Gasteiger charge is -2.19. The summed E-state index contributed by atoms with van der Waals surface area (Å²) in [6.07, 6.45) is 0. The highest BCUT2D eigenvalue weighted by Gasteiger charge is 2.16. The molecule has 0 bridgehead atoms. The molecule has 0 atom stereocenters. The summed E-state index contributed by atoms with van der Waals surface area (Å²) in [4.78, 5) is 24.0. The van der Waals surface area contributed by atoms with E-state index >= 15 is 0 Å². The van der Waals surface area contributed by atoms with Crippen LogP contribution in [0.1, 0.15) is 28.4 Å². The summed E-state index contributed by atoms with van der Waals surface area (Å²) in [6.45, 7) is 5.79. The molecule has 4 heteroatoms. The Kier molecular flexibility index (Phi) is 4.26. The molecule has 0 aromatic heterocycles. The molecule has 1 rings (SSSR count). The second-order valence-corrected chi connectivity index (χ2v) is 4.01. The van der Waals surface area contributed by atoms with Gasteiger partial charge in [-0.2, -0.15) is 0 Å². The van der Waals surface area contributed by atoms with Crippen molar-refractivity contribution in [3.8, 4) is 0 Å². The summed E-state index contributed by atoms with van der Waals surface area (Å²) in [6, 6.07) is 5.40. The van der Waals surface area contributed by atoms with Gasteiger partial charge in [-0.1, -0.05) is 6.07 Å². The number of likely N-dealkylation sites (N-methyl/N-ethyl adjacent to an activating group) is 1. The van der Waals surface area contributed by atoms with E-state index in [-0.39, 0.29) is 12.5 Å². The van der Waals surface area contributed by atoms with E-state index in [0.29, 0.717) is 12.1 Å². The molecule has 0 spiro atoms. The summed E-state index contributed by atoms with van der Waals surface area (Å²) < 4.78 is 0. The monoisotopic (exact) mass is 235 g/mol. The molecule has 0 heterocycles. The van der Waals surface area contributed by atoms with Gasteiger partial charge in [-0.25, -0.2) is 0 Å². The molecule has 0 aliphatic carbocycles. The van der Waals surface area contributed by atoms with Crippen LogP contribution in [-0.4, -0.2) is 35.0 Å². The predicted octanol–water partition coefficient (Wildman–Crippen LogP) is 1.85. The molecular weight excluding hydrogens is 218 g/mol. The number of aliphatic carboxylic acids is 1. The lowest BCUT2D eigenvalue weighted by molar-refractivity contribution is -0.137. The number of carbonyl (C=O) groups is 2. The van der Waals surface area contributed by atoms with E-state index in [0.717, 1.165) is 11.1 Å². The van der Waals surface area contributed by atoms with Crippen molar-refractivity contribution in [2.24, 2.45) is 0 Å². The largest absolute Gasteiger partial charge is 0.480 e. The Hall–Kier alpha value is -1.84. The smallest absolute Gasteiger partial charge is 0.323 e. The fourth-order valence-corrected chi connectivity index (χ4v) is 1.55. The molecule has 0 saturated heterocycles. The van der Waals surface area contributed by atoms with Gasteiger partial charge in [0.25, 0.3) is 5.91 Å². The van der Waals surface area contributed by atoms with Gasteiger partial charge >= 0.3 is 5.97 Å². The molecule has 1 aromatic rings. The number of amides is 1. The summed E-state index contributed by atoms with van der Waals surface area (Å²) in [5, 5.41) is 8.72. The van der Waals surface area contributed by atoms with Crippen LogP contribution >= 0.6 is 0 Å². The van der Waals surface area contributed by atoms with E-state index < -0.39 is 5.97 Å². The standard InChI is InChI=1S/C13H17NO3/c1-4-14(8-12(15)16)13(17)11-6-5-9(2)10(3)7-11/h5-7H,4,8H2,1-3H3,(H,15,16). The quantitative estimate of drug-likeness (QED) is 0.866. The zero-order valence-electron chi connectivity index (χ0n) is 10.4. The average molecular weight is 235 g/mol. The first-order valence-electron chi connectivity index (χ1n) is 5.54. The number of hydrogen-bond acceptors (Lipinski definition) is 2. The molecule has 1 aromatic carbocycles. The third-order valence-electron chi connectivity index (χ3n) is 2.75. The summed E-state index contributed by atoms with van der Waals surface area (Å²) >= 11 is 0. The molecule has 0 saturated carbocycles. The Morgan fingerprint density at radius 2 is 1.88 bits per heavy atom. The average Bonchev–Trinajstić information content (AvgIpc) is 2.28. The van der Waals surface area contributed by atoms with Crippen molar-refractivity contribution < 1.29 is 14.7 Å². The number of carbonyl (C=O) groups excluding carboxylic acids is 1. The Morgan fingerprint density at radius 3 is 2.35 bits per heavy atom. The number of carboxylic acid groups (broad SMARTS) is 1. The van der Waals surface area contributed by atoms with Crippen LogP contribution in [-0.2, 0) is 4.79 Å². The van der Waals surface area contributed by atoms with Crippen LogP contribution in [0.2, 0.25) is 0 Å². The minimum absolute atomic E-state index is 0.238. The maximum Gasteiger partial charge on any atom is 0.323 e. The van der Waals surface area contributed by atoms with E-state index in [4.69, 9.17) is 5.11 Å². The second-order valence-electron chi connectivity index (χ2n) is 4.01. The van der Waals surface area contributed by atoms with E-state index in [2.05, 4.69) is 0 Å². The molecule has 0 aliphatic rings. The van der Waals surface area contributed by atoms with Crippen LogP contribution in [0.3, 0.4) is 0 Å². The third kappa shape index (κ3) is 3.31. The third-order valence-corrected chi connectivity index (χ3v) is 2.75. The van der Waals surface area contributed by atoms with E-state index in [9.17, 15) is 9.59 Å². The minimum atomic E-state index is -0.996. The van der Waals surface area contributed by atoms with E-state index in [1.807, 2.05) is 19.9 Å². The Labute approximate surface area is 101 Å². The Bertz CT molecular complexity index is 440. The summed E-state index contributed by atoms with van der Waals surface area (Å²) in [7, 11) is 0. The molecule has 92 valence electrons. The lowest BCUT2D eigenvalue weighted by Crippen LogP contribution is -2.35. The number of nitrogens with zero attached hydrogens (tertiary/aromatic N) is 1. The van der Waals surface area contributed by atoms with Crippen molar-refractivity contribution in [2.75, 3.05) is 13.1 Å². The molecule has 1 N–H and O–H groups in total. The molecule has 17 heavy (non-hydrogen) atoms. The van der Waals surface area contributed by atoms with Crippen molar-refractivity contribution >= 4 is 11.9 Å². The van der Waals surface area contributed by atoms with Gasteiger partial charge in [0.1, 0.15) is 6.54 Å². The molecule has 4 nitrogen and oxygen atoms in total. The summed E-state index contributed by atoms with van der Waals surface area (Å²) in [5.41, 5.74) is 2.68. The van der Waals surface area contributed by atoms with Gasteiger partial charge in [-0.3, -0.25) is 9.59 Å². The van der Waals surface area contributed by atoms with Crippen molar-refractivity contribution in [3.05, 3.63) is 34.9 Å². The highest BCUT2D eigenvalue weighted by atomic mass is 16.4. The molecule has 0 aliphatic heterocycles. The van der Waals surface area contributed by atoms with Crippen LogP contribution in [0, 0.1) is 13.8 Å². The Morgan fingerprint density at radius 1 is 1.24 bits per heavy atom. The molecule has 0 fully saturated rings. The zero-order valence-corrected chi connectivity index (χ0v) is 10.4. The minimum Gasteiger partial charge on any atom is -0.480 e. The Balaban J connectivity index is 2.93. The maximum atomic E-state index is 12.0. The van der Waals surface area contributed by atoms with Crippen LogP contribution in [0.5, 0.6) is 0 Å². The molecule has 1 amide bonds. The van der Waals surface area contributed by atoms with Gasteiger partial charge in [0, 0.05) is 12.1 Å². The number of hydrogen-bond donors (Lipinski definition) is 1. The zero-order chi connectivity index (χ0) is 13.0. The van der Waals surface area contributed by atoms with E-state index in [1.54, 1.807) is 19.1 Å². The van der Waals surface area contributed by atoms with Gasteiger partial charge < -0.3 is 10.0 Å². The van der Waals surface area contributed by atoms with Crippen molar-refractivity contribution in [1.29, 1.82) is 0 Å². The predicted molar refractivity (Wildman–Crippen MR) is 65.1 cm³/mol. The number of carboxylic acids is 1. The second kappa shape index (κ2) is 5.48. The lowest BCUT2D eigenvalue weighted by atomic mass is 10.1. The molecule has 0 unspecified atom stereocenters. The van der Waals surface area contributed by atoms with Crippen LogP contribution in [0.4, 0.5) is 0 Å². The summed E-state index contributed by atoms with van der Waals surface area (Å²) in [5.74, 6) is -1.23. The number of rotatable bonds is 4. The van der Waals surface area contributed by atoms with Gasteiger partial charge in [-0.05, 0) is 44.0 Å². The van der Waals surface area contributed by atoms with E-state index in [1.165, 1.54) is 4.90 Å². The van der Waals surface area contributed by atoms with Crippen molar-refractivity contribution in [2.45, 2.75) is 20.8 Å². The van der Waals surface area contributed by atoms with Crippen LogP contribution in [0.15, 0.2) is 18.2 Å². The maximum absolute atomic E-state index is 12.0. The normalized spacial score (nSPS) is 10.1. The van der Waals surface area contributed by atoms with Crippen LogP contribution < -0.4 is 0 Å². The van der Waals surface area contributed by atoms with Crippen molar-refractivity contribution in [3.63, 3.8) is 0 Å². The number of benzene rings is 1. The van der Waals surface area contributed by atoms with Crippen molar-refractivity contribution in [1.82, 2.24) is 4.90 Å². The van der Waals surface area contributed by atoms with Gasteiger partial charge in [0.05, 0.1) is 0 Å². The van der Waals surface area contributed by atoms with Gasteiger partial charge in [0.2, 0.25) is 0 Å². The van der Waals surface area contributed by atoms with Gasteiger partial charge in [-0.15, -0.1) is 0 Å². The van der Waals surface area contributed by atoms with Crippen LogP contribution in [0.25, 0.3) is 0 Å². The topological polar surface area (TPSA) is 57.6 Å². The highest BCUT2D eigenvalue weighted by molar-refractivity contribution is 5.96. The molecule has 0 radical (unpaired) electrons.